The van der Waals surface area contributed by atoms with Crippen molar-refractivity contribution in [3.8, 4) is 17.1 Å². The second-order valence-electron chi connectivity index (χ2n) is 7.85. The predicted octanol–water partition coefficient (Wildman–Crippen LogP) is 5.60. The molecule has 0 unspecified atom stereocenters. The van der Waals surface area contributed by atoms with Gasteiger partial charge in [-0.1, -0.05) is 30.3 Å². The number of fused-ring (bicyclic) bond motifs is 2. The zero-order valence-corrected chi connectivity index (χ0v) is 17.3. The van der Waals surface area contributed by atoms with Gasteiger partial charge in [-0.15, -0.1) is 0 Å². The van der Waals surface area contributed by atoms with Crippen LogP contribution in [0.4, 0.5) is 0 Å². The van der Waals surface area contributed by atoms with E-state index >= 15 is 0 Å². The Labute approximate surface area is 170 Å². The van der Waals surface area contributed by atoms with Crippen molar-refractivity contribution in [1.29, 1.82) is 0 Å². The van der Waals surface area contributed by atoms with Crippen molar-refractivity contribution in [3.05, 3.63) is 89.7 Å². The first kappa shape index (κ1) is 17.6. The average Bonchev–Trinajstić information content (AvgIpc) is 3.06. The van der Waals surface area contributed by atoms with Gasteiger partial charge < -0.3 is 4.57 Å². The fraction of sp³-hybridized carbons (Fsp3) is 0.154. The van der Waals surface area contributed by atoms with Gasteiger partial charge in [0.1, 0.15) is 5.82 Å². The number of aryl methyl sites for hydroxylation is 3. The van der Waals surface area contributed by atoms with E-state index in [0.717, 1.165) is 16.9 Å². The summed E-state index contributed by atoms with van der Waals surface area (Å²) in [5.74, 6) is 1.01. The number of nitrogens with zero attached hydrogens (tertiary/aromatic N) is 3. The summed E-state index contributed by atoms with van der Waals surface area (Å²) >= 11 is 0. The Morgan fingerprint density at radius 1 is 0.828 bits per heavy atom. The maximum atomic E-state index is 4.95. The van der Waals surface area contributed by atoms with Gasteiger partial charge in [-0.05, 0) is 49.1 Å². The van der Waals surface area contributed by atoms with Crippen LogP contribution in [-0.2, 0) is 7.05 Å². The average molecular weight is 378 g/mol. The first-order chi connectivity index (χ1) is 14.0. The van der Waals surface area contributed by atoms with E-state index in [1.807, 2.05) is 6.07 Å². The molecule has 29 heavy (non-hydrogen) atoms. The van der Waals surface area contributed by atoms with Crippen LogP contribution in [0.3, 0.4) is 0 Å². The standard InChI is InChI=1S/C26H24N3/c1-17-13-22(26-27-23-11-7-8-12-24(23)28(26)4)19(3)25(14-17)29-16-21-10-6-5-9-20(21)15-18(29)2/h5-16H,1-4H3/q+1. The van der Waals surface area contributed by atoms with Crippen LogP contribution in [-0.4, -0.2) is 9.55 Å². The Morgan fingerprint density at radius 3 is 2.34 bits per heavy atom. The van der Waals surface area contributed by atoms with E-state index in [1.165, 1.54) is 38.8 Å². The van der Waals surface area contributed by atoms with Crippen LogP contribution in [0.25, 0.3) is 38.9 Å². The minimum absolute atomic E-state index is 1.01. The number of imidazole rings is 1. The fourth-order valence-electron chi connectivity index (χ4n) is 4.26. The van der Waals surface area contributed by atoms with Crippen LogP contribution < -0.4 is 4.57 Å². The highest BCUT2D eigenvalue weighted by Gasteiger charge is 2.21. The molecule has 5 aromatic rings. The van der Waals surface area contributed by atoms with Gasteiger partial charge in [0.05, 0.1) is 11.0 Å². The third-order valence-electron chi connectivity index (χ3n) is 5.82. The second kappa shape index (κ2) is 6.56. The molecule has 0 fully saturated rings. The summed E-state index contributed by atoms with van der Waals surface area (Å²) in [5, 5.41) is 2.51. The van der Waals surface area contributed by atoms with Crippen LogP contribution in [0.5, 0.6) is 0 Å². The maximum absolute atomic E-state index is 4.95. The van der Waals surface area contributed by atoms with E-state index in [-0.39, 0.29) is 0 Å². The Morgan fingerprint density at radius 2 is 1.55 bits per heavy atom. The summed E-state index contributed by atoms with van der Waals surface area (Å²) in [6, 6.07) is 23.6. The lowest BCUT2D eigenvalue weighted by atomic mass is 10.0. The fourth-order valence-corrected chi connectivity index (χ4v) is 4.26. The molecule has 142 valence electrons. The van der Waals surface area contributed by atoms with Crippen LogP contribution >= 0.6 is 0 Å². The van der Waals surface area contributed by atoms with E-state index in [0.29, 0.717) is 0 Å². The lowest BCUT2D eigenvalue weighted by Gasteiger charge is -2.11. The van der Waals surface area contributed by atoms with E-state index in [4.69, 9.17) is 4.98 Å². The quantitative estimate of drug-likeness (QED) is 0.367. The van der Waals surface area contributed by atoms with Crippen molar-refractivity contribution in [3.63, 3.8) is 0 Å². The lowest BCUT2D eigenvalue weighted by molar-refractivity contribution is -0.601. The topological polar surface area (TPSA) is 21.7 Å². The van der Waals surface area contributed by atoms with E-state index in [2.05, 4.69) is 104 Å². The van der Waals surface area contributed by atoms with Crippen LogP contribution in [0.2, 0.25) is 0 Å². The molecular weight excluding hydrogens is 354 g/mol. The normalized spacial score (nSPS) is 11.4. The molecule has 0 N–H and O–H groups in total. The second-order valence-corrected chi connectivity index (χ2v) is 7.85. The van der Waals surface area contributed by atoms with E-state index < -0.39 is 0 Å². The van der Waals surface area contributed by atoms with E-state index in [1.54, 1.807) is 0 Å². The van der Waals surface area contributed by atoms with Crippen molar-refractivity contribution in [1.82, 2.24) is 9.55 Å². The third kappa shape index (κ3) is 2.82. The summed E-state index contributed by atoms with van der Waals surface area (Å²) in [6.07, 6.45) is 2.24. The van der Waals surface area contributed by atoms with Crippen molar-refractivity contribution < 1.29 is 4.57 Å². The number of pyridine rings is 1. The molecular formula is C26H24N3+. The Balaban J connectivity index is 1.77. The van der Waals surface area contributed by atoms with Crippen LogP contribution in [0.1, 0.15) is 16.8 Å². The number of hydrogen-bond acceptors (Lipinski definition) is 1. The molecule has 2 heterocycles. The number of para-hydroxylation sites is 2. The number of benzene rings is 3. The summed E-state index contributed by atoms with van der Waals surface area (Å²) in [4.78, 5) is 4.95. The zero-order chi connectivity index (χ0) is 20.1. The molecule has 3 aromatic carbocycles. The summed E-state index contributed by atoms with van der Waals surface area (Å²) in [6.45, 7) is 6.53. The molecule has 0 aliphatic rings. The molecule has 0 radical (unpaired) electrons. The minimum atomic E-state index is 1.01. The molecule has 0 aliphatic heterocycles. The van der Waals surface area contributed by atoms with Crippen molar-refractivity contribution >= 4 is 21.8 Å². The Bertz CT molecular complexity index is 1390. The smallest absolute Gasteiger partial charge is 0.214 e. The monoisotopic (exact) mass is 378 g/mol. The molecule has 0 aliphatic carbocycles. The van der Waals surface area contributed by atoms with Gasteiger partial charge in [-0.2, -0.15) is 4.57 Å². The van der Waals surface area contributed by atoms with Gasteiger partial charge in [0, 0.05) is 42.6 Å². The highest BCUT2D eigenvalue weighted by molar-refractivity contribution is 5.82. The molecule has 0 bridgehead atoms. The first-order valence-corrected chi connectivity index (χ1v) is 9.97. The van der Waals surface area contributed by atoms with Gasteiger partial charge in [0.15, 0.2) is 11.9 Å². The molecule has 3 heteroatoms. The summed E-state index contributed by atoms with van der Waals surface area (Å²) in [5.41, 5.74) is 8.24. The molecule has 3 nitrogen and oxygen atoms in total. The Kier molecular flexibility index (Phi) is 3.99. The maximum Gasteiger partial charge on any atom is 0.214 e. The predicted molar refractivity (Wildman–Crippen MR) is 119 cm³/mol. The minimum Gasteiger partial charge on any atom is -0.327 e. The largest absolute Gasteiger partial charge is 0.327 e. The number of hydrogen-bond donors (Lipinski definition) is 0. The van der Waals surface area contributed by atoms with Crippen LogP contribution in [0.15, 0.2) is 72.9 Å². The van der Waals surface area contributed by atoms with Crippen LogP contribution in [0, 0.1) is 20.8 Å². The molecule has 0 amide bonds. The molecule has 0 atom stereocenters. The van der Waals surface area contributed by atoms with Gasteiger partial charge in [0.25, 0.3) is 0 Å². The van der Waals surface area contributed by atoms with Gasteiger partial charge in [0.2, 0.25) is 5.69 Å². The highest BCUT2D eigenvalue weighted by atomic mass is 15.1. The lowest BCUT2D eigenvalue weighted by Crippen LogP contribution is -2.35. The number of rotatable bonds is 2. The molecule has 5 rings (SSSR count). The van der Waals surface area contributed by atoms with Crippen molar-refractivity contribution in [2.24, 2.45) is 7.05 Å². The van der Waals surface area contributed by atoms with Gasteiger partial charge >= 0.3 is 0 Å². The van der Waals surface area contributed by atoms with E-state index in [9.17, 15) is 0 Å². The van der Waals surface area contributed by atoms with Gasteiger partial charge in [-0.25, -0.2) is 4.98 Å². The summed E-state index contributed by atoms with van der Waals surface area (Å²) < 4.78 is 4.50. The Hall–Kier alpha value is -3.46. The SMILES string of the molecule is Cc1cc(-c2nc3ccccc3n2C)c(C)c(-[n+]2cc3ccccc3cc2C)c1. The van der Waals surface area contributed by atoms with Crippen molar-refractivity contribution in [2.45, 2.75) is 20.8 Å². The third-order valence-corrected chi connectivity index (χ3v) is 5.82. The molecule has 0 spiro atoms. The number of aromatic nitrogens is 3. The zero-order valence-electron chi connectivity index (χ0n) is 17.3. The molecule has 0 saturated carbocycles. The first-order valence-electron chi connectivity index (χ1n) is 9.97. The van der Waals surface area contributed by atoms with Gasteiger partial charge in [-0.3, -0.25) is 0 Å². The molecule has 0 saturated heterocycles. The molecule has 2 aromatic heterocycles. The summed E-state index contributed by atoms with van der Waals surface area (Å²) in [7, 11) is 2.10. The highest BCUT2D eigenvalue weighted by Crippen LogP contribution is 2.30. The van der Waals surface area contributed by atoms with Crippen molar-refractivity contribution in [2.75, 3.05) is 0 Å².